The third kappa shape index (κ3) is 1.72. The first-order valence-electron chi connectivity index (χ1n) is 3.40. The van der Waals surface area contributed by atoms with Crippen molar-refractivity contribution in [3.05, 3.63) is 0 Å². The summed E-state index contributed by atoms with van der Waals surface area (Å²) in [6.07, 6.45) is 6.05. The van der Waals surface area contributed by atoms with E-state index in [2.05, 4.69) is 5.92 Å². The molecule has 1 aliphatic rings. The van der Waals surface area contributed by atoms with Gasteiger partial charge in [-0.15, -0.1) is 6.42 Å². The van der Waals surface area contributed by atoms with Gasteiger partial charge in [-0.05, 0) is 6.42 Å². The van der Waals surface area contributed by atoms with E-state index in [1.165, 1.54) is 0 Å². The van der Waals surface area contributed by atoms with Crippen LogP contribution >= 0.6 is 8.60 Å². The van der Waals surface area contributed by atoms with E-state index < -0.39 is 14.2 Å². The average Bonchev–Trinajstić information content (AvgIpc) is 2.49. The smallest absolute Gasteiger partial charge is 0.316 e. The molecule has 1 fully saturated rings. The lowest BCUT2D eigenvalue weighted by atomic mass is 10.0. The van der Waals surface area contributed by atoms with Crippen molar-refractivity contribution < 1.29 is 13.6 Å². The Morgan fingerprint density at radius 1 is 1.82 bits per heavy atom. The van der Waals surface area contributed by atoms with E-state index >= 15 is 0 Å². The molecule has 0 aromatic rings. The van der Waals surface area contributed by atoms with Gasteiger partial charge in [0.25, 0.3) is 0 Å². The normalized spacial score (nSPS) is 37.0. The molecule has 0 aliphatic carbocycles. The topological polar surface area (TPSA) is 27.7 Å². The molecule has 3 nitrogen and oxygen atoms in total. The van der Waals surface area contributed by atoms with Gasteiger partial charge in [0.15, 0.2) is 5.60 Å². The monoisotopic (exact) mass is 174 g/mol. The lowest BCUT2D eigenvalue weighted by Crippen LogP contribution is -2.27. The quantitative estimate of drug-likeness (QED) is 0.471. The lowest BCUT2D eigenvalue weighted by Gasteiger charge is -2.16. The highest BCUT2D eigenvalue weighted by atomic mass is 31.2. The van der Waals surface area contributed by atoms with Crippen LogP contribution in [0.25, 0.3) is 0 Å². The second-order valence-corrected chi connectivity index (χ2v) is 3.52. The van der Waals surface area contributed by atoms with Gasteiger partial charge in [0, 0.05) is 7.11 Å². The van der Waals surface area contributed by atoms with Crippen molar-refractivity contribution in [1.82, 2.24) is 0 Å². The molecule has 1 heterocycles. The molecule has 11 heavy (non-hydrogen) atoms. The van der Waals surface area contributed by atoms with Crippen LogP contribution in [0.1, 0.15) is 13.3 Å². The Bertz CT molecular complexity index is 177. The third-order valence-corrected chi connectivity index (χ3v) is 2.77. The molecule has 0 amide bonds. The molecule has 1 saturated heterocycles. The minimum absolute atomic E-state index is 0.444. The molecule has 0 spiro atoms. The molecule has 4 heteroatoms. The fourth-order valence-electron chi connectivity index (χ4n) is 0.779. The van der Waals surface area contributed by atoms with Crippen LogP contribution in [-0.2, 0) is 13.6 Å². The molecular formula is C7H11O3P. The highest BCUT2D eigenvalue weighted by Gasteiger charge is 2.39. The van der Waals surface area contributed by atoms with Gasteiger partial charge in [-0.3, -0.25) is 4.52 Å². The summed E-state index contributed by atoms with van der Waals surface area (Å²) in [5.41, 5.74) is -0.540. The van der Waals surface area contributed by atoms with Crippen molar-refractivity contribution >= 4 is 8.60 Å². The van der Waals surface area contributed by atoms with Crippen molar-refractivity contribution in [2.75, 3.05) is 13.7 Å². The molecular weight excluding hydrogens is 163 g/mol. The predicted molar refractivity (Wildman–Crippen MR) is 42.8 cm³/mol. The summed E-state index contributed by atoms with van der Waals surface area (Å²) in [5.74, 6) is 2.58. The van der Waals surface area contributed by atoms with Gasteiger partial charge in [0.1, 0.15) is 0 Å². The van der Waals surface area contributed by atoms with Crippen molar-refractivity contribution in [3.8, 4) is 12.3 Å². The average molecular weight is 174 g/mol. The Kier molecular flexibility index (Phi) is 2.86. The summed E-state index contributed by atoms with van der Waals surface area (Å²) in [4.78, 5) is 0. The molecule has 0 aromatic heterocycles. The van der Waals surface area contributed by atoms with E-state index in [1.54, 1.807) is 7.11 Å². The summed E-state index contributed by atoms with van der Waals surface area (Å²) in [6, 6.07) is 0. The molecule has 0 aromatic carbocycles. The van der Waals surface area contributed by atoms with Crippen LogP contribution in [0.5, 0.6) is 0 Å². The van der Waals surface area contributed by atoms with E-state index in [0.29, 0.717) is 6.61 Å². The Hall–Kier alpha value is -0.130. The summed E-state index contributed by atoms with van der Waals surface area (Å²) in [7, 11) is 0.365. The van der Waals surface area contributed by atoms with Crippen molar-refractivity contribution in [3.63, 3.8) is 0 Å². The van der Waals surface area contributed by atoms with Crippen molar-refractivity contribution in [1.29, 1.82) is 0 Å². The van der Waals surface area contributed by atoms with Gasteiger partial charge in [-0.2, -0.15) is 0 Å². The highest BCUT2D eigenvalue weighted by Crippen LogP contribution is 2.50. The number of hydrogen-bond donors (Lipinski definition) is 0. The molecule has 0 bridgehead atoms. The standard InChI is InChI=1S/C7H11O3P/c1-4-7(5-2)6-9-11(8-3)10-7/h1H,5-6H2,2-3H3. The van der Waals surface area contributed by atoms with Gasteiger partial charge < -0.3 is 9.05 Å². The maximum atomic E-state index is 5.38. The van der Waals surface area contributed by atoms with Crippen LogP contribution in [0.3, 0.4) is 0 Å². The first kappa shape index (κ1) is 8.96. The van der Waals surface area contributed by atoms with Gasteiger partial charge in [-0.25, -0.2) is 0 Å². The van der Waals surface area contributed by atoms with Gasteiger partial charge >= 0.3 is 8.60 Å². The van der Waals surface area contributed by atoms with Crippen molar-refractivity contribution in [2.45, 2.75) is 18.9 Å². The first-order chi connectivity index (χ1) is 5.26. The van der Waals surface area contributed by atoms with Gasteiger partial charge in [0.2, 0.25) is 0 Å². The van der Waals surface area contributed by atoms with Crippen LogP contribution in [0.4, 0.5) is 0 Å². The van der Waals surface area contributed by atoms with E-state index in [0.717, 1.165) is 6.42 Å². The van der Waals surface area contributed by atoms with E-state index in [4.69, 9.17) is 20.0 Å². The van der Waals surface area contributed by atoms with Crippen LogP contribution < -0.4 is 0 Å². The fourth-order valence-corrected chi connectivity index (χ4v) is 1.85. The molecule has 0 saturated carbocycles. The Morgan fingerprint density at radius 3 is 2.82 bits per heavy atom. The molecule has 2 atom stereocenters. The van der Waals surface area contributed by atoms with Gasteiger partial charge in [0.05, 0.1) is 6.61 Å². The summed E-state index contributed by atoms with van der Waals surface area (Å²) >= 11 is 0. The maximum Gasteiger partial charge on any atom is 0.334 e. The summed E-state index contributed by atoms with van der Waals surface area (Å²) in [5, 5.41) is 0. The highest BCUT2D eigenvalue weighted by molar-refractivity contribution is 7.42. The zero-order chi connectivity index (χ0) is 8.32. The summed E-state index contributed by atoms with van der Waals surface area (Å²) in [6.45, 7) is 2.41. The second kappa shape index (κ2) is 3.51. The van der Waals surface area contributed by atoms with Crippen LogP contribution in [0.2, 0.25) is 0 Å². The van der Waals surface area contributed by atoms with Crippen LogP contribution in [0, 0.1) is 12.3 Å². The first-order valence-corrected chi connectivity index (χ1v) is 4.50. The molecule has 0 radical (unpaired) electrons. The third-order valence-electron chi connectivity index (χ3n) is 1.64. The summed E-state index contributed by atoms with van der Waals surface area (Å²) < 4.78 is 15.5. The van der Waals surface area contributed by atoms with E-state index in [-0.39, 0.29) is 0 Å². The molecule has 1 aliphatic heterocycles. The Balaban J connectivity index is 2.57. The minimum atomic E-state index is -1.18. The molecule has 0 N–H and O–H groups in total. The lowest BCUT2D eigenvalue weighted by molar-refractivity contribution is 0.151. The SMILES string of the molecule is C#CC1(CC)COP(OC)O1. The predicted octanol–water partition coefficient (Wildman–Crippen LogP) is 1.69. The van der Waals surface area contributed by atoms with E-state index in [9.17, 15) is 0 Å². The second-order valence-electron chi connectivity index (χ2n) is 2.26. The van der Waals surface area contributed by atoms with E-state index in [1.807, 2.05) is 6.92 Å². The molecule has 62 valence electrons. The molecule has 1 rings (SSSR count). The number of hydrogen-bond acceptors (Lipinski definition) is 3. The fraction of sp³-hybridized carbons (Fsp3) is 0.714. The van der Waals surface area contributed by atoms with Crippen LogP contribution in [-0.4, -0.2) is 19.3 Å². The van der Waals surface area contributed by atoms with Gasteiger partial charge in [-0.1, -0.05) is 12.8 Å². The number of terminal acetylenes is 1. The van der Waals surface area contributed by atoms with Crippen LogP contribution in [0.15, 0.2) is 0 Å². The molecule has 2 unspecified atom stereocenters. The zero-order valence-corrected chi connectivity index (χ0v) is 7.56. The zero-order valence-electron chi connectivity index (χ0n) is 6.66. The minimum Gasteiger partial charge on any atom is -0.316 e. The number of rotatable bonds is 2. The Morgan fingerprint density at radius 2 is 2.55 bits per heavy atom. The van der Waals surface area contributed by atoms with Crippen molar-refractivity contribution in [2.24, 2.45) is 0 Å². The Labute approximate surface area is 68.0 Å². The largest absolute Gasteiger partial charge is 0.334 e. The maximum absolute atomic E-state index is 5.38.